The summed E-state index contributed by atoms with van der Waals surface area (Å²) in [6.45, 7) is 1.70. The molecule has 1 aliphatic heterocycles. The normalized spacial score (nSPS) is 26.7. The molecule has 6 atom stereocenters. The molecule has 0 aromatic heterocycles. The highest BCUT2D eigenvalue weighted by atomic mass is 16.7. The largest absolute Gasteiger partial charge is 0.370 e. The smallest absolute Gasteiger partial charge is 0.186 e. The van der Waals surface area contributed by atoms with E-state index in [-0.39, 0.29) is 6.10 Å². The van der Waals surface area contributed by atoms with E-state index in [4.69, 9.17) is 28.4 Å². The maximum absolute atomic E-state index is 6.74. The molecule has 6 nitrogen and oxygen atoms in total. The number of hydrogen-bond donors (Lipinski definition) is 0. The number of hydrogen-bond acceptors (Lipinski definition) is 6. The van der Waals surface area contributed by atoms with Crippen LogP contribution in [0.1, 0.15) is 28.7 Å². The third-order valence-corrected chi connectivity index (χ3v) is 7.97. The average Bonchev–Trinajstić information content (AvgIpc) is 3.75. The molecule has 1 spiro atoms. The average molecular weight is 567 g/mol. The van der Waals surface area contributed by atoms with E-state index in [0.29, 0.717) is 32.8 Å². The third-order valence-electron chi connectivity index (χ3n) is 7.97. The van der Waals surface area contributed by atoms with Crippen LogP contribution in [-0.4, -0.2) is 43.4 Å². The van der Waals surface area contributed by atoms with Crippen LogP contribution in [-0.2, 0) is 54.8 Å². The van der Waals surface area contributed by atoms with Gasteiger partial charge in [-0.25, -0.2) is 0 Å². The Labute approximate surface area is 248 Å². The Morgan fingerprint density at radius 1 is 0.548 bits per heavy atom. The van der Waals surface area contributed by atoms with Gasteiger partial charge in [0.1, 0.15) is 23.9 Å². The van der Waals surface area contributed by atoms with Crippen molar-refractivity contribution in [3.05, 3.63) is 144 Å². The lowest BCUT2D eigenvalue weighted by molar-refractivity contribution is -0.332. The molecule has 6 rings (SSSR count). The zero-order valence-corrected chi connectivity index (χ0v) is 23.9. The zero-order chi connectivity index (χ0) is 28.6. The molecule has 1 heterocycles. The number of methoxy groups -OCH3 is 1. The van der Waals surface area contributed by atoms with Gasteiger partial charge < -0.3 is 28.4 Å². The van der Waals surface area contributed by atoms with Crippen molar-refractivity contribution in [1.82, 2.24) is 0 Å². The summed E-state index contributed by atoms with van der Waals surface area (Å²) in [5, 5.41) is 0. The SMILES string of the molecule is CO[C@H]1O[C@@]2(CC2OCc2ccccc2)[C@@H](OCc2ccccc2)[C@H](OCc2ccccc2)[C@H]1OCc1ccccc1. The molecular weight excluding hydrogens is 528 g/mol. The Kier molecular flexibility index (Phi) is 9.41. The topological polar surface area (TPSA) is 55.4 Å². The quantitative estimate of drug-likeness (QED) is 0.185. The molecule has 4 aromatic carbocycles. The van der Waals surface area contributed by atoms with E-state index in [9.17, 15) is 0 Å². The van der Waals surface area contributed by atoms with Crippen molar-refractivity contribution in [3.63, 3.8) is 0 Å². The summed E-state index contributed by atoms with van der Waals surface area (Å²) in [5.41, 5.74) is 3.60. The van der Waals surface area contributed by atoms with Crippen LogP contribution < -0.4 is 0 Å². The van der Waals surface area contributed by atoms with Crippen LogP contribution in [0.3, 0.4) is 0 Å². The van der Waals surface area contributed by atoms with Crippen LogP contribution in [0.25, 0.3) is 0 Å². The van der Waals surface area contributed by atoms with Crippen LogP contribution in [0.4, 0.5) is 0 Å². The van der Waals surface area contributed by atoms with Crippen molar-refractivity contribution in [2.75, 3.05) is 7.11 Å². The van der Waals surface area contributed by atoms with Gasteiger partial charge in [-0.1, -0.05) is 121 Å². The van der Waals surface area contributed by atoms with Crippen LogP contribution in [0.5, 0.6) is 0 Å². The Hall–Kier alpha value is -3.36. The number of rotatable bonds is 13. The van der Waals surface area contributed by atoms with Gasteiger partial charge in [0.05, 0.1) is 32.5 Å². The highest BCUT2D eigenvalue weighted by Gasteiger charge is 2.70. The first-order valence-corrected chi connectivity index (χ1v) is 14.6. The first-order chi connectivity index (χ1) is 20.7. The number of ether oxygens (including phenoxy) is 6. The van der Waals surface area contributed by atoms with E-state index in [0.717, 1.165) is 22.3 Å². The fourth-order valence-electron chi connectivity index (χ4n) is 5.65. The first-order valence-electron chi connectivity index (χ1n) is 14.6. The molecular formula is C36H38O6. The maximum Gasteiger partial charge on any atom is 0.186 e. The van der Waals surface area contributed by atoms with Crippen LogP contribution in [0.2, 0.25) is 0 Å². The maximum atomic E-state index is 6.74. The molecule has 2 aliphatic rings. The van der Waals surface area contributed by atoms with Gasteiger partial charge in [0.25, 0.3) is 0 Å². The molecule has 4 aromatic rings. The predicted octanol–water partition coefficient (Wildman–Crippen LogP) is 6.47. The van der Waals surface area contributed by atoms with Crippen molar-refractivity contribution >= 4 is 0 Å². The van der Waals surface area contributed by atoms with E-state index in [1.54, 1.807) is 7.11 Å². The van der Waals surface area contributed by atoms with Gasteiger partial charge in [0.15, 0.2) is 6.29 Å². The van der Waals surface area contributed by atoms with E-state index in [1.165, 1.54) is 0 Å². The fraction of sp³-hybridized carbons (Fsp3) is 0.333. The van der Waals surface area contributed by atoms with Crippen LogP contribution >= 0.6 is 0 Å². The van der Waals surface area contributed by atoms with E-state index >= 15 is 0 Å². The molecule has 1 saturated heterocycles. The van der Waals surface area contributed by atoms with Crippen LogP contribution in [0.15, 0.2) is 121 Å². The molecule has 1 saturated carbocycles. The van der Waals surface area contributed by atoms with Crippen molar-refractivity contribution < 1.29 is 28.4 Å². The minimum absolute atomic E-state index is 0.172. The lowest BCUT2D eigenvalue weighted by Crippen LogP contribution is -2.63. The molecule has 0 radical (unpaired) electrons. The van der Waals surface area contributed by atoms with E-state index < -0.39 is 30.2 Å². The first kappa shape index (κ1) is 28.7. The predicted molar refractivity (Wildman–Crippen MR) is 159 cm³/mol. The minimum Gasteiger partial charge on any atom is -0.370 e. The monoisotopic (exact) mass is 566 g/mol. The van der Waals surface area contributed by atoms with Crippen molar-refractivity contribution in [1.29, 1.82) is 0 Å². The second-order valence-electron chi connectivity index (χ2n) is 10.9. The number of benzene rings is 4. The van der Waals surface area contributed by atoms with Crippen molar-refractivity contribution in [3.8, 4) is 0 Å². The van der Waals surface area contributed by atoms with Gasteiger partial charge in [0, 0.05) is 13.5 Å². The Morgan fingerprint density at radius 2 is 0.952 bits per heavy atom. The standard InChI is InChI=1S/C36H38O6/c1-37-35-33(40-25-29-18-10-4-11-19-29)32(39-24-28-16-8-3-9-17-28)34(41-26-30-20-12-5-13-21-30)36(42-35)22-31(36)38-23-27-14-6-2-7-15-27/h2-21,31-35H,22-26H2,1H3/t31?,32-,33-,34+,35+,36-/m1/s1. The lowest BCUT2D eigenvalue weighted by atomic mass is 9.95. The molecule has 1 unspecified atom stereocenters. The molecule has 218 valence electrons. The van der Waals surface area contributed by atoms with Gasteiger partial charge in [-0.3, -0.25) is 0 Å². The summed E-state index contributed by atoms with van der Waals surface area (Å²) in [6, 6.07) is 40.6. The van der Waals surface area contributed by atoms with E-state index in [1.807, 2.05) is 84.9 Å². The second kappa shape index (κ2) is 13.7. The van der Waals surface area contributed by atoms with Gasteiger partial charge in [-0.2, -0.15) is 0 Å². The van der Waals surface area contributed by atoms with Gasteiger partial charge in [0.2, 0.25) is 0 Å². The van der Waals surface area contributed by atoms with Gasteiger partial charge in [-0.05, 0) is 22.3 Å². The summed E-state index contributed by atoms with van der Waals surface area (Å²) >= 11 is 0. The summed E-state index contributed by atoms with van der Waals surface area (Å²) in [5.74, 6) is 0. The Bertz CT molecular complexity index is 1350. The van der Waals surface area contributed by atoms with Crippen molar-refractivity contribution in [2.24, 2.45) is 0 Å². The highest BCUT2D eigenvalue weighted by Crippen LogP contribution is 2.53. The van der Waals surface area contributed by atoms with Gasteiger partial charge >= 0.3 is 0 Å². The molecule has 2 fully saturated rings. The molecule has 0 bridgehead atoms. The zero-order valence-electron chi connectivity index (χ0n) is 23.9. The molecule has 0 amide bonds. The van der Waals surface area contributed by atoms with E-state index in [2.05, 4.69) is 36.4 Å². The van der Waals surface area contributed by atoms with Crippen molar-refractivity contribution in [2.45, 2.75) is 69.2 Å². The highest BCUT2D eigenvalue weighted by molar-refractivity contribution is 5.22. The Morgan fingerprint density at radius 3 is 1.40 bits per heavy atom. The minimum atomic E-state index is -0.724. The summed E-state index contributed by atoms with van der Waals surface area (Å²) < 4.78 is 39.1. The molecule has 0 N–H and O–H groups in total. The summed E-state index contributed by atoms with van der Waals surface area (Å²) in [6.07, 6.45) is -1.60. The lowest BCUT2D eigenvalue weighted by Gasteiger charge is -2.46. The Balaban J connectivity index is 1.28. The summed E-state index contributed by atoms with van der Waals surface area (Å²) in [7, 11) is 1.65. The second-order valence-corrected chi connectivity index (χ2v) is 10.9. The molecule has 6 heteroatoms. The third kappa shape index (κ3) is 6.81. The fourth-order valence-corrected chi connectivity index (χ4v) is 5.65. The van der Waals surface area contributed by atoms with Crippen LogP contribution in [0, 0.1) is 0 Å². The van der Waals surface area contributed by atoms with Gasteiger partial charge in [-0.15, -0.1) is 0 Å². The summed E-state index contributed by atoms with van der Waals surface area (Å²) in [4.78, 5) is 0. The molecule has 1 aliphatic carbocycles. The molecule has 42 heavy (non-hydrogen) atoms.